The molecule has 0 radical (unpaired) electrons. The molecule has 8 nitrogen and oxygen atoms in total. The lowest BCUT2D eigenvalue weighted by atomic mass is 9.68. The number of benzene rings is 3. The zero-order valence-electron chi connectivity index (χ0n) is 22.7. The fourth-order valence-electron chi connectivity index (χ4n) is 6.92. The van der Waals surface area contributed by atoms with Crippen molar-refractivity contribution in [1.29, 1.82) is 0 Å². The zero-order chi connectivity index (χ0) is 28.9. The number of carbonyl (C=O) groups is 2. The quantitative estimate of drug-likeness (QED) is 0.137. The van der Waals surface area contributed by atoms with Crippen LogP contribution in [0.5, 0.6) is 0 Å². The number of rotatable bonds is 7. The smallest absolute Gasteiger partial charge is 0.337 e. The van der Waals surface area contributed by atoms with Gasteiger partial charge >= 0.3 is 11.9 Å². The van der Waals surface area contributed by atoms with Gasteiger partial charge in [0.15, 0.2) is 0 Å². The van der Waals surface area contributed by atoms with Crippen LogP contribution >= 0.6 is 15.9 Å². The van der Waals surface area contributed by atoms with E-state index in [1.54, 1.807) is 24.3 Å². The molecule has 2 fully saturated rings. The van der Waals surface area contributed by atoms with Gasteiger partial charge in [0.2, 0.25) is 6.04 Å². The summed E-state index contributed by atoms with van der Waals surface area (Å²) in [5.41, 5.74) is 1.43. The van der Waals surface area contributed by atoms with Crippen LogP contribution in [0, 0.1) is 15.5 Å². The predicted octanol–water partition coefficient (Wildman–Crippen LogP) is 6.32. The molecule has 3 aromatic carbocycles. The van der Waals surface area contributed by atoms with Gasteiger partial charge in [-0.25, -0.2) is 4.79 Å². The second-order valence-corrected chi connectivity index (χ2v) is 12.1. The minimum atomic E-state index is -1.35. The molecule has 0 amide bonds. The molecule has 4 aromatic rings. The van der Waals surface area contributed by atoms with Crippen molar-refractivity contribution in [2.45, 2.75) is 43.2 Å². The van der Waals surface area contributed by atoms with Crippen LogP contribution in [-0.4, -0.2) is 34.6 Å². The summed E-state index contributed by atoms with van der Waals surface area (Å²) in [6, 6.07) is 20.9. The Labute approximate surface area is 245 Å². The van der Waals surface area contributed by atoms with Gasteiger partial charge in [-0.1, -0.05) is 64.5 Å². The molecule has 0 saturated heterocycles. The highest BCUT2D eigenvalue weighted by atomic mass is 79.9. The van der Waals surface area contributed by atoms with Crippen molar-refractivity contribution in [2.75, 3.05) is 7.11 Å². The van der Waals surface area contributed by atoms with Gasteiger partial charge in [0.05, 0.1) is 18.6 Å². The van der Waals surface area contributed by atoms with Crippen molar-refractivity contribution in [3.63, 3.8) is 0 Å². The van der Waals surface area contributed by atoms with Gasteiger partial charge in [0.1, 0.15) is 12.0 Å². The number of nitro groups is 1. The monoisotopic (exact) mass is 616 g/mol. The molecule has 1 heterocycles. The number of esters is 2. The molecule has 3 atom stereocenters. The molecule has 9 heteroatoms. The van der Waals surface area contributed by atoms with Gasteiger partial charge < -0.3 is 14.0 Å². The summed E-state index contributed by atoms with van der Waals surface area (Å²) in [4.78, 5) is 39.5. The highest BCUT2D eigenvalue weighted by Gasteiger charge is 2.75. The number of halogens is 1. The highest BCUT2D eigenvalue weighted by molar-refractivity contribution is 9.10. The second kappa shape index (κ2) is 10.1. The second-order valence-electron chi connectivity index (χ2n) is 11.2. The summed E-state index contributed by atoms with van der Waals surface area (Å²) in [5, 5.41) is 13.8. The maximum atomic E-state index is 14.5. The molecule has 2 saturated carbocycles. The molecule has 2 aliphatic rings. The Kier molecular flexibility index (Phi) is 6.72. The van der Waals surface area contributed by atoms with E-state index in [1.807, 2.05) is 66.3 Å². The molecule has 0 N–H and O–H groups in total. The first-order chi connectivity index (χ1) is 19.7. The maximum Gasteiger partial charge on any atom is 0.337 e. The number of nitrogens with zero attached hydrogens (tertiary/aromatic N) is 2. The summed E-state index contributed by atoms with van der Waals surface area (Å²) >= 11 is 3.54. The Morgan fingerprint density at radius 2 is 1.78 bits per heavy atom. The van der Waals surface area contributed by atoms with Crippen molar-refractivity contribution >= 4 is 38.8 Å². The molecule has 0 unspecified atom stereocenters. The average Bonchev–Trinajstić information content (AvgIpc) is 3.58. The number of hydrogen-bond acceptors (Lipinski definition) is 6. The van der Waals surface area contributed by atoms with Crippen LogP contribution in [0.4, 0.5) is 0 Å². The van der Waals surface area contributed by atoms with E-state index in [0.717, 1.165) is 26.5 Å². The normalized spacial score (nSPS) is 22.5. The lowest BCUT2D eigenvalue weighted by molar-refractivity contribution is -0.535. The summed E-state index contributed by atoms with van der Waals surface area (Å²) in [6.07, 6.45) is 3.54. The number of aromatic nitrogens is 1. The molecule has 210 valence electrons. The molecular weight excluding hydrogens is 588 g/mol. The first-order valence-corrected chi connectivity index (χ1v) is 14.3. The van der Waals surface area contributed by atoms with Gasteiger partial charge in [-0.3, -0.25) is 14.9 Å². The van der Waals surface area contributed by atoms with Crippen LogP contribution in [0.1, 0.15) is 52.2 Å². The van der Waals surface area contributed by atoms with E-state index in [0.29, 0.717) is 24.0 Å². The van der Waals surface area contributed by atoms with E-state index in [-0.39, 0.29) is 18.0 Å². The van der Waals surface area contributed by atoms with Crippen molar-refractivity contribution in [2.24, 2.45) is 12.5 Å². The largest absolute Gasteiger partial charge is 0.465 e. The number of ether oxygens (including phenoxy) is 2. The molecule has 2 aliphatic carbocycles. The number of carbonyl (C=O) groups excluding carboxylic acids is 2. The van der Waals surface area contributed by atoms with Gasteiger partial charge in [0.25, 0.3) is 0 Å². The van der Waals surface area contributed by atoms with Crippen molar-refractivity contribution in [3.8, 4) is 0 Å². The lowest BCUT2D eigenvalue weighted by Crippen LogP contribution is -2.43. The third-order valence-electron chi connectivity index (χ3n) is 8.94. The number of hydrogen-bond donors (Lipinski definition) is 0. The molecule has 1 spiro atoms. The molecule has 6 rings (SSSR count). The van der Waals surface area contributed by atoms with Crippen LogP contribution in [0.3, 0.4) is 0 Å². The Bertz CT molecular complexity index is 1660. The predicted molar refractivity (Wildman–Crippen MR) is 156 cm³/mol. The summed E-state index contributed by atoms with van der Waals surface area (Å²) in [6.45, 7) is 0.0486. The zero-order valence-corrected chi connectivity index (χ0v) is 24.3. The van der Waals surface area contributed by atoms with E-state index in [9.17, 15) is 19.7 Å². The standard InChI is InChI=1S/C32H29BrN2O6/c1-34-17-25(24-13-12-23(33)16-26(24)34)27-28(35(38)39)31(14-15-31)19-32(27,22-10-8-21(9-11-22)29(36)40-2)30(37)41-18-20-6-4-3-5-7-20/h3-13,16-17,27-28H,14-15,18-19H2,1-2H3/t27-,28-,32+/m1/s1. The molecule has 0 aliphatic heterocycles. The van der Waals surface area contributed by atoms with Crippen LogP contribution in [-0.2, 0) is 33.3 Å². The van der Waals surface area contributed by atoms with Crippen LogP contribution < -0.4 is 0 Å². The van der Waals surface area contributed by atoms with Crippen molar-refractivity contribution < 1.29 is 24.0 Å². The third kappa shape index (κ3) is 4.43. The first kappa shape index (κ1) is 27.2. The SMILES string of the molecule is COC(=O)c1ccc([C@@]2(C(=O)OCc3ccccc3)CC3(CC3)[C@H]([N+](=O)[O-])[C@H]2c2cn(C)c3cc(Br)ccc23)cc1. The van der Waals surface area contributed by atoms with Crippen LogP contribution in [0.2, 0.25) is 0 Å². The Hall–Kier alpha value is -3.98. The van der Waals surface area contributed by atoms with Crippen molar-refractivity contribution in [3.05, 3.63) is 116 Å². The fraction of sp³-hybridized carbons (Fsp3) is 0.312. The Balaban J connectivity index is 1.57. The van der Waals surface area contributed by atoms with E-state index >= 15 is 0 Å². The number of methoxy groups -OCH3 is 1. The number of fused-ring (bicyclic) bond motifs is 1. The van der Waals surface area contributed by atoms with E-state index in [4.69, 9.17) is 9.47 Å². The third-order valence-corrected chi connectivity index (χ3v) is 9.43. The summed E-state index contributed by atoms with van der Waals surface area (Å²) in [7, 11) is 3.21. The summed E-state index contributed by atoms with van der Waals surface area (Å²) < 4.78 is 13.8. The minimum absolute atomic E-state index is 0.0486. The summed E-state index contributed by atoms with van der Waals surface area (Å²) in [5.74, 6) is -1.79. The minimum Gasteiger partial charge on any atom is -0.465 e. The average molecular weight is 617 g/mol. The van der Waals surface area contributed by atoms with Crippen molar-refractivity contribution in [1.82, 2.24) is 4.57 Å². The van der Waals surface area contributed by atoms with Gasteiger partial charge in [0, 0.05) is 39.0 Å². The maximum absolute atomic E-state index is 14.5. The first-order valence-electron chi connectivity index (χ1n) is 13.5. The fourth-order valence-corrected chi connectivity index (χ4v) is 7.26. The van der Waals surface area contributed by atoms with E-state index in [1.165, 1.54) is 7.11 Å². The van der Waals surface area contributed by atoms with E-state index < -0.39 is 34.7 Å². The Morgan fingerprint density at radius 1 is 1.07 bits per heavy atom. The molecule has 0 bridgehead atoms. The molecule has 1 aromatic heterocycles. The van der Waals surface area contributed by atoms with Gasteiger partial charge in [-0.15, -0.1) is 0 Å². The van der Waals surface area contributed by atoms with E-state index in [2.05, 4.69) is 15.9 Å². The topological polar surface area (TPSA) is 101 Å². The highest BCUT2D eigenvalue weighted by Crippen LogP contribution is 2.70. The van der Waals surface area contributed by atoms with Crippen LogP contribution in [0.25, 0.3) is 10.9 Å². The number of aryl methyl sites for hydroxylation is 1. The van der Waals surface area contributed by atoms with Crippen LogP contribution in [0.15, 0.2) is 83.5 Å². The Morgan fingerprint density at radius 3 is 2.41 bits per heavy atom. The molecule has 41 heavy (non-hydrogen) atoms. The molecular formula is C32H29BrN2O6. The lowest BCUT2D eigenvalue weighted by Gasteiger charge is -2.34. The van der Waals surface area contributed by atoms with Gasteiger partial charge in [-0.2, -0.15) is 0 Å². The van der Waals surface area contributed by atoms with Gasteiger partial charge in [-0.05, 0) is 60.2 Å².